The molecule has 1 aromatic carbocycles. The summed E-state index contributed by atoms with van der Waals surface area (Å²) in [6.07, 6.45) is 0.741. The highest BCUT2D eigenvalue weighted by Gasteiger charge is 2.40. The number of hydrogen-bond donors (Lipinski definition) is 2. The van der Waals surface area contributed by atoms with Crippen LogP contribution in [0.5, 0.6) is 5.88 Å². The fraction of sp³-hybridized carbons (Fsp3) is 0.421. The lowest BCUT2D eigenvalue weighted by atomic mass is 10.1. The van der Waals surface area contributed by atoms with Crippen molar-refractivity contribution < 1.29 is 24.2 Å². The zero-order valence-corrected chi connectivity index (χ0v) is 15.5. The number of hydrogen-bond acceptors (Lipinski definition) is 6. The number of ether oxygens (including phenoxy) is 2. The maximum atomic E-state index is 12.0. The molecule has 3 rings (SSSR count). The first-order valence-electron chi connectivity index (χ1n) is 8.72. The Morgan fingerprint density at radius 2 is 2.00 bits per heavy atom. The largest absolute Gasteiger partial charge is 0.480 e. The second-order valence-corrected chi connectivity index (χ2v) is 7.43. The first-order chi connectivity index (χ1) is 12.7. The fourth-order valence-corrected chi connectivity index (χ4v) is 3.00. The number of carboxylic acid groups (broad SMARTS) is 1. The van der Waals surface area contributed by atoms with Gasteiger partial charge < -0.3 is 14.6 Å². The minimum Gasteiger partial charge on any atom is -0.480 e. The number of pyridine rings is 1. The summed E-state index contributed by atoms with van der Waals surface area (Å²) in [5.74, 6) is -0.593. The molecule has 0 aliphatic carbocycles. The molecule has 1 amide bonds. The van der Waals surface area contributed by atoms with E-state index in [4.69, 9.17) is 9.47 Å². The molecule has 0 radical (unpaired) electrons. The molecule has 1 aliphatic rings. The molecule has 2 heterocycles. The number of hydrazine groups is 1. The topological polar surface area (TPSA) is 101 Å². The van der Waals surface area contributed by atoms with Crippen LogP contribution in [0.1, 0.15) is 27.2 Å². The van der Waals surface area contributed by atoms with Crippen molar-refractivity contribution in [1.29, 1.82) is 0 Å². The normalized spacial score (nSPS) is 20.4. The molecule has 2 unspecified atom stereocenters. The van der Waals surface area contributed by atoms with Crippen LogP contribution in [0.3, 0.4) is 0 Å². The average Bonchev–Trinajstić information content (AvgIpc) is 2.96. The number of carbonyl (C=O) groups excluding carboxylic acids is 1. The molecule has 2 aromatic rings. The second kappa shape index (κ2) is 7.40. The van der Waals surface area contributed by atoms with Crippen molar-refractivity contribution >= 4 is 22.8 Å². The molecule has 2 atom stereocenters. The Balaban J connectivity index is 1.72. The van der Waals surface area contributed by atoms with Gasteiger partial charge in [0, 0.05) is 18.0 Å². The molecule has 144 valence electrons. The van der Waals surface area contributed by atoms with E-state index in [1.807, 2.05) is 30.3 Å². The maximum Gasteiger partial charge on any atom is 0.422 e. The number of aromatic nitrogens is 1. The second-order valence-electron chi connectivity index (χ2n) is 7.43. The van der Waals surface area contributed by atoms with Crippen molar-refractivity contribution in [3.05, 3.63) is 36.5 Å². The summed E-state index contributed by atoms with van der Waals surface area (Å²) in [5.41, 5.74) is 1.84. The summed E-state index contributed by atoms with van der Waals surface area (Å²) in [4.78, 5) is 27.9. The van der Waals surface area contributed by atoms with Crippen molar-refractivity contribution in [2.75, 3.05) is 6.54 Å². The molecule has 8 nitrogen and oxygen atoms in total. The molecule has 1 aliphatic heterocycles. The highest BCUT2D eigenvalue weighted by Crippen LogP contribution is 2.27. The van der Waals surface area contributed by atoms with E-state index in [0.717, 1.165) is 10.8 Å². The zero-order valence-electron chi connectivity index (χ0n) is 15.5. The van der Waals surface area contributed by atoms with E-state index in [2.05, 4.69) is 10.4 Å². The Morgan fingerprint density at radius 3 is 2.70 bits per heavy atom. The minimum atomic E-state index is -1.04. The predicted molar refractivity (Wildman–Crippen MR) is 98.3 cm³/mol. The summed E-state index contributed by atoms with van der Waals surface area (Å²) in [6.45, 7) is 5.43. The number of carbonyl (C=O) groups is 2. The average molecular weight is 373 g/mol. The first kappa shape index (κ1) is 18.9. The lowest BCUT2D eigenvalue weighted by Crippen LogP contribution is -2.50. The van der Waals surface area contributed by atoms with Crippen LogP contribution in [-0.2, 0) is 9.53 Å². The van der Waals surface area contributed by atoms with Gasteiger partial charge in [-0.25, -0.2) is 14.8 Å². The summed E-state index contributed by atoms with van der Waals surface area (Å²) in [7, 11) is 0. The van der Waals surface area contributed by atoms with Crippen LogP contribution < -0.4 is 10.2 Å². The van der Waals surface area contributed by atoms with Gasteiger partial charge >= 0.3 is 12.1 Å². The highest BCUT2D eigenvalue weighted by atomic mass is 16.6. The van der Waals surface area contributed by atoms with Crippen LogP contribution in [0.25, 0.3) is 10.8 Å². The molecule has 8 heteroatoms. The van der Waals surface area contributed by atoms with Gasteiger partial charge in [-0.2, -0.15) is 0 Å². The quantitative estimate of drug-likeness (QED) is 0.849. The molecular formula is C19H23N3O5. The van der Waals surface area contributed by atoms with Gasteiger partial charge in [-0.3, -0.25) is 10.2 Å². The van der Waals surface area contributed by atoms with Crippen LogP contribution in [0.4, 0.5) is 4.79 Å². The Bertz CT molecular complexity index is 843. The lowest BCUT2D eigenvalue weighted by Gasteiger charge is -2.25. The fourth-order valence-electron chi connectivity index (χ4n) is 3.00. The minimum absolute atomic E-state index is 0.209. The number of fused-ring (bicyclic) bond motifs is 1. The smallest absolute Gasteiger partial charge is 0.422 e. The van der Waals surface area contributed by atoms with Crippen molar-refractivity contribution in [1.82, 2.24) is 15.4 Å². The number of nitrogens with zero attached hydrogens (tertiary/aromatic N) is 2. The Morgan fingerprint density at radius 1 is 1.26 bits per heavy atom. The highest BCUT2D eigenvalue weighted by molar-refractivity contribution is 5.86. The van der Waals surface area contributed by atoms with Crippen LogP contribution in [0.2, 0.25) is 0 Å². The molecule has 27 heavy (non-hydrogen) atoms. The van der Waals surface area contributed by atoms with Crippen LogP contribution in [-0.4, -0.2) is 51.5 Å². The van der Waals surface area contributed by atoms with E-state index in [9.17, 15) is 14.7 Å². The molecule has 0 saturated carbocycles. The third-order valence-electron chi connectivity index (χ3n) is 4.10. The van der Waals surface area contributed by atoms with Gasteiger partial charge in [-0.1, -0.05) is 18.2 Å². The molecule has 1 aromatic heterocycles. The Labute approximate surface area is 157 Å². The number of rotatable bonds is 4. The lowest BCUT2D eigenvalue weighted by molar-refractivity contribution is -0.143. The van der Waals surface area contributed by atoms with Crippen molar-refractivity contribution in [3.8, 4) is 5.88 Å². The number of aliphatic carboxylic acids is 1. The molecule has 1 saturated heterocycles. The number of benzene rings is 1. The van der Waals surface area contributed by atoms with Crippen molar-refractivity contribution in [2.45, 2.75) is 44.9 Å². The van der Waals surface area contributed by atoms with Gasteiger partial charge in [-0.05, 0) is 38.3 Å². The van der Waals surface area contributed by atoms with Gasteiger partial charge in [0.2, 0.25) is 5.88 Å². The Kier molecular flexibility index (Phi) is 5.18. The maximum absolute atomic E-state index is 12.0. The van der Waals surface area contributed by atoms with E-state index in [0.29, 0.717) is 5.88 Å². The molecule has 1 fully saturated rings. The van der Waals surface area contributed by atoms with E-state index >= 15 is 0 Å². The van der Waals surface area contributed by atoms with Gasteiger partial charge in [0.05, 0.1) is 6.54 Å². The van der Waals surface area contributed by atoms with Crippen molar-refractivity contribution in [3.63, 3.8) is 0 Å². The molecule has 2 N–H and O–H groups in total. The summed E-state index contributed by atoms with van der Waals surface area (Å²) in [5, 5.41) is 12.7. The van der Waals surface area contributed by atoms with Gasteiger partial charge in [0.1, 0.15) is 17.7 Å². The third kappa shape index (κ3) is 4.65. The Hall–Kier alpha value is -2.87. The number of nitrogens with one attached hydrogen (secondary N) is 1. The molecule has 0 bridgehead atoms. The SMILES string of the molecule is CC(C)(C)OC(=O)NN1CC(Oc2nccc3ccccc23)CC1C(=O)O. The zero-order chi connectivity index (χ0) is 19.6. The summed E-state index contributed by atoms with van der Waals surface area (Å²) in [6, 6.07) is 8.65. The summed E-state index contributed by atoms with van der Waals surface area (Å²) < 4.78 is 11.2. The van der Waals surface area contributed by atoms with E-state index in [-0.39, 0.29) is 13.0 Å². The summed E-state index contributed by atoms with van der Waals surface area (Å²) >= 11 is 0. The number of amides is 1. The van der Waals surface area contributed by atoms with Crippen molar-refractivity contribution in [2.24, 2.45) is 0 Å². The molecular weight excluding hydrogens is 350 g/mol. The third-order valence-corrected chi connectivity index (χ3v) is 4.10. The first-order valence-corrected chi connectivity index (χ1v) is 8.72. The predicted octanol–water partition coefficient (Wildman–Crippen LogP) is 2.58. The van der Waals surface area contributed by atoms with Crippen LogP contribution in [0, 0.1) is 0 Å². The van der Waals surface area contributed by atoms with Crippen LogP contribution >= 0.6 is 0 Å². The van der Waals surface area contributed by atoms with Gasteiger partial charge in [0.15, 0.2) is 0 Å². The van der Waals surface area contributed by atoms with Gasteiger partial charge in [0.25, 0.3) is 0 Å². The van der Waals surface area contributed by atoms with E-state index < -0.39 is 29.8 Å². The van der Waals surface area contributed by atoms with Crippen LogP contribution in [0.15, 0.2) is 36.5 Å². The monoisotopic (exact) mass is 373 g/mol. The van der Waals surface area contributed by atoms with Gasteiger partial charge in [-0.15, -0.1) is 0 Å². The van der Waals surface area contributed by atoms with E-state index in [1.54, 1.807) is 27.0 Å². The molecule has 0 spiro atoms. The standard InChI is InChI=1S/C19H23N3O5/c1-19(2,3)27-18(25)21-22-11-13(10-15(22)17(23)24)26-16-14-7-5-4-6-12(14)8-9-20-16/h4-9,13,15H,10-11H2,1-3H3,(H,21,25)(H,23,24). The number of carboxylic acids is 1. The van der Waals surface area contributed by atoms with E-state index in [1.165, 1.54) is 5.01 Å².